The second-order valence-electron chi connectivity index (χ2n) is 5.06. The fourth-order valence-corrected chi connectivity index (χ4v) is 2.53. The summed E-state index contributed by atoms with van der Waals surface area (Å²) in [6, 6.07) is -0.188. The van der Waals surface area contributed by atoms with Crippen molar-refractivity contribution in [2.24, 2.45) is 5.92 Å². The minimum Gasteiger partial charge on any atom is -0.480 e. The molecule has 0 aliphatic carbocycles. The van der Waals surface area contributed by atoms with Crippen molar-refractivity contribution >= 4 is 12.0 Å². The van der Waals surface area contributed by atoms with E-state index in [4.69, 9.17) is 10.2 Å². The fraction of sp³-hybridized carbons (Fsp3) is 0.846. The first kappa shape index (κ1) is 15.8. The van der Waals surface area contributed by atoms with Crippen LogP contribution in [0.1, 0.15) is 32.6 Å². The van der Waals surface area contributed by atoms with Gasteiger partial charge >= 0.3 is 12.0 Å². The van der Waals surface area contributed by atoms with Crippen molar-refractivity contribution in [3.8, 4) is 0 Å². The summed E-state index contributed by atoms with van der Waals surface area (Å²) < 4.78 is 0. The molecule has 0 radical (unpaired) electrons. The van der Waals surface area contributed by atoms with Crippen molar-refractivity contribution in [1.29, 1.82) is 0 Å². The van der Waals surface area contributed by atoms with Crippen LogP contribution in [0.3, 0.4) is 0 Å². The lowest BCUT2D eigenvalue weighted by Crippen LogP contribution is -2.49. The summed E-state index contributed by atoms with van der Waals surface area (Å²) >= 11 is 0. The number of piperidine rings is 1. The van der Waals surface area contributed by atoms with Crippen LogP contribution in [0.4, 0.5) is 4.79 Å². The molecule has 1 rings (SSSR count). The number of carbonyl (C=O) groups is 2. The van der Waals surface area contributed by atoms with Crippen LogP contribution in [0.5, 0.6) is 0 Å². The second-order valence-corrected chi connectivity index (χ2v) is 5.06. The highest BCUT2D eigenvalue weighted by molar-refractivity contribution is 5.80. The highest BCUT2D eigenvalue weighted by Crippen LogP contribution is 2.20. The van der Waals surface area contributed by atoms with Gasteiger partial charge in [0.2, 0.25) is 0 Å². The summed E-state index contributed by atoms with van der Waals surface area (Å²) in [4.78, 5) is 26.2. The third-order valence-electron chi connectivity index (χ3n) is 3.42. The fourth-order valence-electron chi connectivity index (χ4n) is 2.53. The van der Waals surface area contributed by atoms with Crippen LogP contribution in [0.2, 0.25) is 0 Å². The number of likely N-dealkylation sites (tertiary alicyclic amines) is 1. The molecular formula is C13H24N2O4. The number of hydrogen-bond donors (Lipinski definition) is 2. The Morgan fingerprint density at radius 2 is 2.16 bits per heavy atom. The van der Waals surface area contributed by atoms with Gasteiger partial charge in [0.05, 0.1) is 0 Å². The topological polar surface area (TPSA) is 81.1 Å². The lowest BCUT2D eigenvalue weighted by atomic mass is 9.95. The van der Waals surface area contributed by atoms with Crippen LogP contribution in [0.25, 0.3) is 0 Å². The van der Waals surface area contributed by atoms with Crippen LogP contribution in [0.15, 0.2) is 0 Å². The summed E-state index contributed by atoms with van der Waals surface area (Å²) in [5, 5.41) is 17.8. The van der Waals surface area contributed by atoms with Crippen molar-refractivity contribution in [1.82, 2.24) is 9.80 Å². The molecule has 19 heavy (non-hydrogen) atoms. The average Bonchev–Trinajstić information content (AvgIpc) is 2.37. The number of aliphatic carboxylic acids is 1. The Labute approximate surface area is 114 Å². The van der Waals surface area contributed by atoms with Gasteiger partial charge in [-0.25, -0.2) is 4.79 Å². The molecular weight excluding hydrogens is 248 g/mol. The Bertz CT molecular complexity index is 307. The number of aliphatic hydroxyl groups is 1. The second kappa shape index (κ2) is 7.99. The highest BCUT2D eigenvalue weighted by atomic mass is 16.4. The monoisotopic (exact) mass is 272 g/mol. The summed E-state index contributed by atoms with van der Waals surface area (Å²) in [6.45, 7) is 3.59. The normalized spacial score (nSPS) is 19.3. The minimum atomic E-state index is -0.981. The number of rotatable bonds is 6. The minimum absolute atomic E-state index is 0.139. The van der Waals surface area contributed by atoms with Crippen molar-refractivity contribution in [2.45, 2.75) is 32.6 Å². The zero-order chi connectivity index (χ0) is 14.3. The van der Waals surface area contributed by atoms with Crippen LogP contribution in [-0.4, -0.2) is 64.8 Å². The SMILES string of the molecule is CCCN(CC(=O)O)C(=O)N1CCCC(CCO)C1. The van der Waals surface area contributed by atoms with E-state index in [9.17, 15) is 9.59 Å². The van der Waals surface area contributed by atoms with Gasteiger partial charge in [-0.05, 0) is 31.6 Å². The van der Waals surface area contributed by atoms with Crippen molar-refractivity contribution in [3.05, 3.63) is 0 Å². The first-order chi connectivity index (χ1) is 9.08. The largest absolute Gasteiger partial charge is 0.480 e. The number of carbonyl (C=O) groups excluding carboxylic acids is 1. The highest BCUT2D eigenvalue weighted by Gasteiger charge is 2.27. The molecule has 0 aromatic rings. The summed E-state index contributed by atoms with van der Waals surface area (Å²) in [6.07, 6.45) is 3.39. The number of carboxylic acids is 1. The number of amides is 2. The lowest BCUT2D eigenvalue weighted by molar-refractivity contribution is -0.137. The van der Waals surface area contributed by atoms with Crippen LogP contribution < -0.4 is 0 Å². The van der Waals surface area contributed by atoms with Gasteiger partial charge in [-0.15, -0.1) is 0 Å². The Balaban J connectivity index is 2.59. The molecule has 0 saturated carbocycles. The van der Waals surface area contributed by atoms with Gasteiger partial charge in [0, 0.05) is 26.2 Å². The molecule has 1 aliphatic rings. The molecule has 1 aliphatic heterocycles. The average molecular weight is 272 g/mol. The predicted molar refractivity (Wildman–Crippen MR) is 70.9 cm³/mol. The summed E-state index contributed by atoms with van der Waals surface area (Å²) in [7, 11) is 0. The number of carboxylic acid groups (broad SMARTS) is 1. The van der Waals surface area contributed by atoms with E-state index >= 15 is 0 Å². The van der Waals surface area contributed by atoms with Gasteiger partial charge < -0.3 is 20.0 Å². The first-order valence-corrected chi connectivity index (χ1v) is 6.95. The molecule has 1 saturated heterocycles. The molecule has 1 unspecified atom stereocenters. The molecule has 0 bridgehead atoms. The van der Waals surface area contributed by atoms with E-state index in [0.717, 1.165) is 19.3 Å². The van der Waals surface area contributed by atoms with Crippen LogP contribution in [0, 0.1) is 5.92 Å². The predicted octanol–water partition coefficient (Wildman–Crippen LogP) is 0.997. The Hall–Kier alpha value is -1.30. The van der Waals surface area contributed by atoms with Crippen molar-refractivity contribution < 1.29 is 19.8 Å². The lowest BCUT2D eigenvalue weighted by Gasteiger charge is -2.35. The van der Waals surface area contributed by atoms with E-state index in [1.165, 1.54) is 4.90 Å². The van der Waals surface area contributed by atoms with Gasteiger partial charge in [-0.2, -0.15) is 0 Å². The molecule has 2 amide bonds. The Morgan fingerprint density at radius 3 is 2.74 bits per heavy atom. The zero-order valence-electron chi connectivity index (χ0n) is 11.5. The summed E-state index contributed by atoms with van der Waals surface area (Å²) in [5.41, 5.74) is 0. The molecule has 6 nitrogen and oxygen atoms in total. The number of hydrogen-bond acceptors (Lipinski definition) is 3. The molecule has 6 heteroatoms. The van der Waals surface area contributed by atoms with E-state index < -0.39 is 5.97 Å². The van der Waals surface area contributed by atoms with Gasteiger partial charge in [-0.3, -0.25) is 4.79 Å². The van der Waals surface area contributed by atoms with E-state index in [1.54, 1.807) is 4.90 Å². The standard InChI is InChI=1S/C13H24N2O4/c1-2-6-14(10-12(17)18)13(19)15-7-3-4-11(9-15)5-8-16/h11,16H,2-10H2,1H3,(H,17,18). The van der Waals surface area contributed by atoms with Gasteiger partial charge in [0.1, 0.15) is 6.54 Å². The van der Waals surface area contributed by atoms with E-state index in [-0.39, 0.29) is 19.2 Å². The van der Waals surface area contributed by atoms with Gasteiger partial charge in [-0.1, -0.05) is 6.92 Å². The van der Waals surface area contributed by atoms with E-state index in [2.05, 4.69) is 0 Å². The number of aliphatic hydroxyl groups excluding tert-OH is 1. The first-order valence-electron chi connectivity index (χ1n) is 6.95. The number of urea groups is 1. The zero-order valence-corrected chi connectivity index (χ0v) is 11.5. The molecule has 0 aromatic heterocycles. The van der Waals surface area contributed by atoms with Crippen LogP contribution in [-0.2, 0) is 4.79 Å². The number of nitrogens with zero attached hydrogens (tertiary/aromatic N) is 2. The molecule has 0 spiro atoms. The van der Waals surface area contributed by atoms with Crippen LogP contribution >= 0.6 is 0 Å². The summed E-state index contributed by atoms with van der Waals surface area (Å²) in [5.74, 6) is -0.651. The molecule has 1 heterocycles. The Morgan fingerprint density at radius 1 is 1.42 bits per heavy atom. The Kier molecular flexibility index (Phi) is 6.62. The van der Waals surface area contributed by atoms with Gasteiger partial charge in [0.25, 0.3) is 0 Å². The van der Waals surface area contributed by atoms with E-state index in [0.29, 0.717) is 32.0 Å². The van der Waals surface area contributed by atoms with E-state index in [1.807, 2.05) is 6.92 Å². The maximum absolute atomic E-state index is 12.3. The maximum atomic E-state index is 12.3. The molecule has 2 N–H and O–H groups in total. The quantitative estimate of drug-likeness (QED) is 0.755. The smallest absolute Gasteiger partial charge is 0.323 e. The molecule has 110 valence electrons. The third kappa shape index (κ3) is 5.06. The molecule has 1 fully saturated rings. The van der Waals surface area contributed by atoms with Crippen molar-refractivity contribution in [3.63, 3.8) is 0 Å². The molecule has 1 atom stereocenters. The van der Waals surface area contributed by atoms with Crippen molar-refractivity contribution in [2.75, 3.05) is 32.8 Å². The third-order valence-corrected chi connectivity index (χ3v) is 3.42. The maximum Gasteiger partial charge on any atom is 0.323 e. The van der Waals surface area contributed by atoms with Gasteiger partial charge in [0.15, 0.2) is 0 Å². The molecule has 0 aromatic carbocycles.